The third-order valence-electron chi connectivity index (χ3n) is 7.45. The lowest BCUT2D eigenvalue weighted by atomic mass is 9.43. The molecule has 6 nitrogen and oxygen atoms in total. The van der Waals surface area contributed by atoms with E-state index in [4.69, 9.17) is 14.0 Å². The lowest BCUT2D eigenvalue weighted by Gasteiger charge is -2.64. The van der Waals surface area contributed by atoms with Gasteiger partial charge in [0.15, 0.2) is 5.78 Å². The van der Waals surface area contributed by atoms with Crippen LogP contribution < -0.4 is 5.32 Å². The summed E-state index contributed by atoms with van der Waals surface area (Å²) in [6, 6.07) is 0. The smallest absolute Gasteiger partial charge is 0.444 e. The van der Waals surface area contributed by atoms with Gasteiger partial charge in [-0.1, -0.05) is 27.7 Å². The number of carbonyl (C=O) groups excluding carboxylic acids is 2. The van der Waals surface area contributed by atoms with Crippen LogP contribution in [-0.4, -0.2) is 42.8 Å². The van der Waals surface area contributed by atoms with Gasteiger partial charge in [-0.15, -0.1) is 0 Å². The van der Waals surface area contributed by atoms with Gasteiger partial charge in [0, 0.05) is 12.2 Å². The molecular weight excluding hydrogens is 381 g/mol. The zero-order chi connectivity index (χ0) is 22.5. The molecule has 5 atom stereocenters. The highest BCUT2D eigenvalue weighted by molar-refractivity contribution is 6.47. The molecule has 4 fully saturated rings. The lowest BCUT2D eigenvalue weighted by molar-refractivity contribution is -0.199. The van der Waals surface area contributed by atoms with Crippen molar-refractivity contribution in [3.8, 4) is 0 Å². The summed E-state index contributed by atoms with van der Waals surface area (Å²) in [7, 11) is -0.358. The Morgan fingerprint density at radius 2 is 1.87 bits per heavy atom. The van der Waals surface area contributed by atoms with E-state index in [0.29, 0.717) is 29.6 Å². The molecule has 0 spiro atoms. The molecule has 1 N–H and O–H groups in total. The van der Waals surface area contributed by atoms with Gasteiger partial charge in [-0.05, 0) is 70.1 Å². The highest BCUT2D eigenvalue weighted by Gasteiger charge is 2.68. The zero-order valence-corrected chi connectivity index (χ0v) is 20.0. The highest BCUT2D eigenvalue weighted by atomic mass is 16.7. The SMILES string of the molecule is CC(C)C[C@H](CC(=O)CNC(=O)OC(C)(C)C)B1O[C@@H]2C[C@@H]3C[C@@H](C3(C)C)[C@]2(C)O1. The van der Waals surface area contributed by atoms with Crippen molar-refractivity contribution >= 4 is 19.0 Å². The minimum Gasteiger partial charge on any atom is -0.444 e. The van der Waals surface area contributed by atoms with E-state index in [9.17, 15) is 9.59 Å². The van der Waals surface area contributed by atoms with Crippen LogP contribution in [0.2, 0.25) is 5.82 Å². The maximum absolute atomic E-state index is 12.7. The molecular formula is C23H40BNO5. The molecule has 3 aliphatic carbocycles. The molecule has 3 saturated carbocycles. The van der Waals surface area contributed by atoms with Crippen molar-refractivity contribution in [1.29, 1.82) is 0 Å². The van der Waals surface area contributed by atoms with E-state index in [-0.39, 0.29) is 37.0 Å². The van der Waals surface area contributed by atoms with Gasteiger partial charge in [-0.3, -0.25) is 4.79 Å². The van der Waals surface area contributed by atoms with Gasteiger partial charge < -0.3 is 19.4 Å². The van der Waals surface area contributed by atoms with Gasteiger partial charge in [0.1, 0.15) is 5.60 Å². The van der Waals surface area contributed by atoms with Crippen LogP contribution in [0.5, 0.6) is 0 Å². The molecule has 30 heavy (non-hydrogen) atoms. The van der Waals surface area contributed by atoms with Crippen molar-refractivity contribution in [3.05, 3.63) is 0 Å². The summed E-state index contributed by atoms with van der Waals surface area (Å²) < 4.78 is 18.3. The van der Waals surface area contributed by atoms with Gasteiger partial charge in [0.05, 0.1) is 18.2 Å². The molecule has 0 aromatic heterocycles. The fraction of sp³-hybridized carbons (Fsp3) is 0.913. The molecule has 4 aliphatic rings. The van der Waals surface area contributed by atoms with Crippen LogP contribution in [0.4, 0.5) is 4.79 Å². The first-order chi connectivity index (χ1) is 13.7. The first kappa shape index (κ1) is 23.6. The van der Waals surface area contributed by atoms with Crippen molar-refractivity contribution in [2.24, 2.45) is 23.2 Å². The van der Waals surface area contributed by atoms with Crippen molar-refractivity contribution < 1.29 is 23.6 Å². The number of alkyl carbamates (subject to hydrolysis) is 1. The summed E-state index contributed by atoms with van der Waals surface area (Å²) in [5, 5.41) is 2.58. The Morgan fingerprint density at radius 1 is 1.20 bits per heavy atom. The Hall–Kier alpha value is -1.08. The summed E-state index contributed by atoms with van der Waals surface area (Å²) in [6.45, 7) is 16.6. The lowest BCUT2D eigenvalue weighted by Crippen LogP contribution is -2.65. The number of rotatable bonds is 7. The fourth-order valence-electron chi connectivity index (χ4n) is 5.85. The van der Waals surface area contributed by atoms with Gasteiger partial charge in [0.25, 0.3) is 0 Å². The van der Waals surface area contributed by atoms with Crippen LogP contribution in [0.1, 0.15) is 81.1 Å². The van der Waals surface area contributed by atoms with Gasteiger partial charge >= 0.3 is 13.2 Å². The Morgan fingerprint density at radius 3 is 2.43 bits per heavy atom. The third-order valence-corrected chi connectivity index (χ3v) is 7.45. The van der Waals surface area contributed by atoms with Crippen molar-refractivity contribution in [3.63, 3.8) is 0 Å². The van der Waals surface area contributed by atoms with Crippen LogP contribution in [0.3, 0.4) is 0 Å². The van der Waals surface area contributed by atoms with E-state index < -0.39 is 11.7 Å². The van der Waals surface area contributed by atoms with Crippen LogP contribution in [-0.2, 0) is 18.8 Å². The Balaban J connectivity index is 1.60. The molecule has 1 amide bonds. The Kier molecular flexibility index (Phi) is 6.39. The first-order valence-corrected chi connectivity index (χ1v) is 11.5. The molecule has 0 aromatic carbocycles. The molecule has 0 aromatic rings. The van der Waals surface area contributed by atoms with Crippen molar-refractivity contribution in [2.45, 2.75) is 104 Å². The summed E-state index contributed by atoms with van der Waals surface area (Å²) in [5.41, 5.74) is -0.556. The monoisotopic (exact) mass is 421 g/mol. The molecule has 1 saturated heterocycles. The Labute approximate surface area is 182 Å². The molecule has 4 rings (SSSR count). The van der Waals surface area contributed by atoms with E-state index in [2.05, 4.69) is 39.9 Å². The molecule has 2 bridgehead atoms. The minimum absolute atomic E-state index is 0.0133. The van der Waals surface area contributed by atoms with Crippen LogP contribution >= 0.6 is 0 Å². The topological polar surface area (TPSA) is 73.9 Å². The largest absolute Gasteiger partial charge is 0.461 e. The number of ketones is 1. The molecule has 170 valence electrons. The van der Waals surface area contributed by atoms with E-state index in [1.54, 1.807) is 20.8 Å². The number of hydrogen-bond donors (Lipinski definition) is 1. The molecule has 0 radical (unpaired) electrons. The molecule has 7 heteroatoms. The van der Waals surface area contributed by atoms with Crippen molar-refractivity contribution in [2.75, 3.05) is 6.54 Å². The molecule has 1 heterocycles. The fourth-order valence-corrected chi connectivity index (χ4v) is 5.85. The summed E-state index contributed by atoms with van der Waals surface area (Å²) in [5.74, 6) is 1.59. The maximum Gasteiger partial charge on any atom is 0.461 e. The number of carbonyl (C=O) groups is 2. The van der Waals surface area contributed by atoms with Crippen LogP contribution in [0, 0.1) is 23.2 Å². The quantitative estimate of drug-likeness (QED) is 0.608. The highest BCUT2D eigenvalue weighted by Crippen LogP contribution is 2.66. The predicted octanol–water partition coefficient (Wildman–Crippen LogP) is 4.61. The molecule has 1 aliphatic heterocycles. The van der Waals surface area contributed by atoms with Gasteiger partial charge in [0.2, 0.25) is 0 Å². The second-order valence-corrected chi connectivity index (χ2v) is 11.8. The average Bonchev–Trinajstić information content (AvgIpc) is 2.94. The van der Waals surface area contributed by atoms with Gasteiger partial charge in [-0.25, -0.2) is 4.79 Å². The van der Waals surface area contributed by atoms with Gasteiger partial charge in [-0.2, -0.15) is 0 Å². The predicted molar refractivity (Wildman–Crippen MR) is 117 cm³/mol. The number of amides is 1. The summed E-state index contributed by atoms with van der Waals surface area (Å²) in [6.07, 6.45) is 2.99. The summed E-state index contributed by atoms with van der Waals surface area (Å²) in [4.78, 5) is 24.5. The second kappa shape index (κ2) is 8.12. The number of ether oxygens (including phenoxy) is 1. The Bertz CT molecular complexity index is 673. The molecule has 0 unspecified atom stereocenters. The standard InChI is InChI=1S/C23H40BNO5/c1-14(2)9-16(12-17(26)13-25-20(27)28-21(3,4)5)24-29-19-11-15-10-18(22(15,6)7)23(19,8)30-24/h14-16,18-19H,9-13H2,1-8H3,(H,25,27)/t15-,16+,18-,19+,23-/m0/s1. The maximum atomic E-state index is 12.7. The van der Waals surface area contributed by atoms with Crippen LogP contribution in [0.25, 0.3) is 0 Å². The van der Waals surface area contributed by atoms with E-state index in [1.807, 2.05) is 0 Å². The minimum atomic E-state index is -0.584. The average molecular weight is 421 g/mol. The van der Waals surface area contributed by atoms with E-state index >= 15 is 0 Å². The zero-order valence-electron chi connectivity index (χ0n) is 20.0. The number of Topliss-reactive ketones (excluding diaryl/α,β-unsaturated/α-hetero) is 1. The number of nitrogens with one attached hydrogen (secondary N) is 1. The number of hydrogen-bond acceptors (Lipinski definition) is 5. The van der Waals surface area contributed by atoms with E-state index in [0.717, 1.165) is 12.8 Å². The second-order valence-electron chi connectivity index (χ2n) is 11.8. The third kappa shape index (κ3) is 4.72. The normalized spacial score (nSPS) is 33.0. The first-order valence-electron chi connectivity index (χ1n) is 11.5. The summed E-state index contributed by atoms with van der Waals surface area (Å²) >= 11 is 0. The van der Waals surface area contributed by atoms with E-state index in [1.165, 1.54) is 6.42 Å². The van der Waals surface area contributed by atoms with Crippen LogP contribution in [0.15, 0.2) is 0 Å². The van der Waals surface area contributed by atoms with Crippen molar-refractivity contribution in [1.82, 2.24) is 5.32 Å².